The molecule has 3 saturated heterocycles. The number of carbonyl (C=O) groups excluding carboxylic acids is 2. The molecule has 2 bridgehead atoms. The molecule has 0 radical (unpaired) electrons. The van der Waals surface area contributed by atoms with E-state index in [0.717, 1.165) is 12.0 Å². The number of hydrogen-bond acceptors (Lipinski definition) is 10. The Morgan fingerprint density at radius 2 is 1.80 bits per heavy atom. The zero-order chi connectivity index (χ0) is 40.0. The van der Waals surface area contributed by atoms with Crippen molar-refractivity contribution in [3.05, 3.63) is 36.0 Å². The number of halogens is 1. The van der Waals surface area contributed by atoms with Gasteiger partial charge in [-0.3, -0.25) is 4.79 Å². The van der Waals surface area contributed by atoms with Crippen LogP contribution < -0.4 is 0 Å². The van der Waals surface area contributed by atoms with E-state index in [1.165, 1.54) is 0 Å². The molecular formula is C41H62ClNO10Si. The number of aliphatic hydroxyl groups is 1. The molecule has 4 aliphatic heterocycles. The van der Waals surface area contributed by atoms with Crippen LogP contribution in [0.4, 0.5) is 4.79 Å². The smallest absolute Gasteiger partial charge is 0.402 e. The highest BCUT2D eigenvalue weighted by Crippen LogP contribution is 2.50. The Hall–Kier alpha value is -2.21. The molecule has 0 spiro atoms. The van der Waals surface area contributed by atoms with Gasteiger partial charge in [0.1, 0.15) is 12.2 Å². The number of carbonyl (C=O) groups is 2. The van der Waals surface area contributed by atoms with Gasteiger partial charge in [0.15, 0.2) is 25.9 Å². The van der Waals surface area contributed by atoms with Gasteiger partial charge in [0, 0.05) is 50.2 Å². The summed E-state index contributed by atoms with van der Waals surface area (Å²) in [5, 5.41) is 12.1. The maximum atomic E-state index is 13.7. The average molecular weight is 792 g/mol. The van der Waals surface area contributed by atoms with E-state index in [1.54, 1.807) is 38.5 Å². The molecule has 4 heterocycles. The van der Waals surface area contributed by atoms with E-state index in [1.807, 2.05) is 45.3 Å². The van der Waals surface area contributed by atoms with Crippen molar-refractivity contribution in [1.82, 2.24) is 4.57 Å². The van der Waals surface area contributed by atoms with Crippen LogP contribution in [0, 0.1) is 29.6 Å². The molecule has 1 N–H and O–H groups in total. The van der Waals surface area contributed by atoms with Crippen molar-refractivity contribution in [3.8, 4) is 11.8 Å². The molecule has 0 aromatic rings. The van der Waals surface area contributed by atoms with Crippen molar-refractivity contribution >= 4 is 31.9 Å². The summed E-state index contributed by atoms with van der Waals surface area (Å²) < 4.78 is 46.1. The van der Waals surface area contributed by atoms with Gasteiger partial charge in [0.05, 0.1) is 36.9 Å². The summed E-state index contributed by atoms with van der Waals surface area (Å²) in [6.07, 6.45) is 5.31. The third-order valence-electron chi connectivity index (χ3n) is 12.5. The molecule has 1 saturated carbocycles. The maximum Gasteiger partial charge on any atom is 0.402 e. The normalized spacial score (nSPS) is 42.9. The molecule has 1 aliphatic carbocycles. The molecule has 5 aliphatic rings. The van der Waals surface area contributed by atoms with Crippen molar-refractivity contribution in [3.63, 3.8) is 0 Å². The zero-order valence-electron chi connectivity index (χ0n) is 34.1. The predicted molar refractivity (Wildman–Crippen MR) is 208 cm³/mol. The minimum atomic E-state index is -2.40. The van der Waals surface area contributed by atoms with Gasteiger partial charge in [-0.05, 0) is 44.4 Å². The number of hydrogen-bond donors (Lipinski definition) is 1. The number of ether oxygens (including phenoxy) is 7. The van der Waals surface area contributed by atoms with Crippen LogP contribution in [0.5, 0.6) is 0 Å². The van der Waals surface area contributed by atoms with Crippen molar-refractivity contribution in [2.45, 2.75) is 165 Å². The highest BCUT2D eigenvalue weighted by atomic mass is 35.5. The van der Waals surface area contributed by atoms with Gasteiger partial charge in [0.25, 0.3) is 0 Å². The number of nitrogens with zero attached hydrogens (tertiary/aromatic N) is 1. The van der Waals surface area contributed by atoms with Crippen LogP contribution in [0.25, 0.3) is 0 Å². The number of amides is 1. The molecule has 13 heteroatoms. The van der Waals surface area contributed by atoms with Crippen LogP contribution in [-0.2, 0) is 38.0 Å². The number of esters is 1. The standard InChI is InChI=1S/C41H62ClNO10Si/c1-24-19-29(18-16-14-13-15-17-28-21-30(28)42)50-33(44)23-41(46)22-32(26(3)34(52-41)25(2)31(20-24)47-9)51-37-36(48-10)40(8)35(27(4)49-37)43(38(45)53-40)54(11,12)39(5,6)7/h13-14,16,18,20,25-32,34-37,46H,19,21-23H2,1-12H3/b14-13+,18-16+,24-20+/t25-,26-,27+,28-,29+,30-,31-,32+,34+,35-,36+,37+,40-,41+/m1/s1. The predicted octanol–water partition coefficient (Wildman–Crippen LogP) is 6.88. The molecule has 0 aromatic heterocycles. The Morgan fingerprint density at radius 1 is 1.11 bits per heavy atom. The Labute approximate surface area is 328 Å². The topological polar surface area (TPSA) is 122 Å². The third kappa shape index (κ3) is 8.84. The van der Waals surface area contributed by atoms with Crippen molar-refractivity contribution in [1.29, 1.82) is 0 Å². The second-order valence-electron chi connectivity index (χ2n) is 17.7. The first kappa shape index (κ1) is 42.9. The van der Waals surface area contributed by atoms with Gasteiger partial charge in [-0.2, -0.15) is 0 Å². The monoisotopic (exact) mass is 791 g/mol. The van der Waals surface area contributed by atoms with E-state index < -0.39 is 74.9 Å². The van der Waals surface area contributed by atoms with Crippen LogP contribution in [0.15, 0.2) is 36.0 Å². The van der Waals surface area contributed by atoms with Gasteiger partial charge in [-0.25, -0.2) is 4.79 Å². The van der Waals surface area contributed by atoms with E-state index in [9.17, 15) is 14.7 Å². The summed E-state index contributed by atoms with van der Waals surface area (Å²) in [7, 11) is 0.810. The first-order valence-corrected chi connectivity index (χ1v) is 22.7. The van der Waals surface area contributed by atoms with Gasteiger partial charge in [0.2, 0.25) is 0 Å². The van der Waals surface area contributed by atoms with Crippen LogP contribution in [-0.4, -0.2) is 110 Å². The van der Waals surface area contributed by atoms with Crippen molar-refractivity contribution in [2.24, 2.45) is 17.8 Å². The summed E-state index contributed by atoms with van der Waals surface area (Å²) in [6, 6.07) is -0.405. The summed E-state index contributed by atoms with van der Waals surface area (Å²) in [5.41, 5.74) is -0.109. The average Bonchev–Trinajstić information content (AvgIpc) is 3.68. The Morgan fingerprint density at radius 3 is 2.41 bits per heavy atom. The van der Waals surface area contributed by atoms with Crippen LogP contribution in [0.2, 0.25) is 18.1 Å². The van der Waals surface area contributed by atoms with E-state index in [4.69, 9.17) is 44.8 Å². The van der Waals surface area contributed by atoms with Gasteiger partial charge in [-0.1, -0.05) is 83.4 Å². The highest BCUT2D eigenvalue weighted by Gasteiger charge is 2.68. The fourth-order valence-corrected chi connectivity index (χ4v) is 11.0. The molecular weight excluding hydrogens is 730 g/mol. The molecule has 4 fully saturated rings. The third-order valence-corrected chi connectivity index (χ3v) is 18.4. The minimum Gasteiger partial charge on any atom is -0.458 e. The van der Waals surface area contributed by atoms with Gasteiger partial charge >= 0.3 is 12.1 Å². The number of cyclic esters (lactones) is 1. The number of methoxy groups -OCH3 is 2. The lowest BCUT2D eigenvalue weighted by Crippen LogP contribution is -2.71. The van der Waals surface area contributed by atoms with Crippen LogP contribution in [0.3, 0.4) is 0 Å². The summed E-state index contributed by atoms with van der Waals surface area (Å²) in [5.74, 6) is 3.33. The maximum absolute atomic E-state index is 13.7. The molecule has 14 atom stereocenters. The fourth-order valence-electron chi connectivity index (χ4n) is 8.38. The van der Waals surface area contributed by atoms with E-state index in [-0.39, 0.29) is 46.8 Å². The lowest BCUT2D eigenvalue weighted by atomic mass is 9.79. The van der Waals surface area contributed by atoms with Crippen molar-refractivity contribution < 1.29 is 47.9 Å². The van der Waals surface area contributed by atoms with Crippen LogP contribution in [0.1, 0.15) is 81.1 Å². The minimum absolute atomic E-state index is 0.0359. The molecule has 0 aromatic carbocycles. The largest absolute Gasteiger partial charge is 0.458 e. The quantitative estimate of drug-likeness (QED) is 0.0730. The zero-order valence-corrected chi connectivity index (χ0v) is 35.8. The molecule has 5 rings (SSSR count). The second kappa shape index (κ2) is 16.3. The molecule has 0 unspecified atom stereocenters. The first-order valence-electron chi connectivity index (χ1n) is 19.3. The lowest BCUT2D eigenvalue weighted by molar-refractivity contribution is -0.349. The summed E-state index contributed by atoms with van der Waals surface area (Å²) >= 11 is 6.04. The highest BCUT2D eigenvalue weighted by molar-refractivity contribution is 6.79. The number of rotatable bonds is 7. The molecule has 54 heavy (non-hydrogen) atoms. The Balaban J connectivity index is 1.40. The molecule has 11 nitrogen and oxygen atoms in total. The number of fused-ring (bicyclic) bond motifs is 3. The van der Waals surface area contributed by atoms with E-state index >= 15 is 0 Å². The number of alkyl halides is 1. The Bertz CT molecular complexity index is 1550. The van der Waals surface area contributed by atoms with Gasteiger partial charge in [-0.15, -0.1) is 11.6 Å². The van der Waals surface area contributed by atoms with Crippen molar-refractivity contribution in [2.75, 3.05) is 14.2 Å². The SMILES string of the molecule is CO[C@@H]1/C=C(\C)C[C@H](/C=C/C=C/C#C[C@@H]2C[C@H]2Cl)OC(=O)C[C@]2(O)C[C@H](O[C@@H]3O[C@@H](C)[C@H]4N([Si](C)(C)C(C)(C)C)C(=O)O[C@@]4(C)[C@H]3OC)[C@@H](C)[C@@H](O2)[C@@H]1C. The summed E-state index contributed by atoms with van der Waals surface area (Å²) in [6.45, 7) is 20.6. The molecule has 1 amide bonds. The van der Waals surface area contributed by atoms with E-state index in [2.05, 4.69) is 45.7 Å². The first-order chi connectivity index (χ1) is 25.2. The van der Waals surface area contributed by atoms with E-state index in [0.29, 0.717) is 6.42 Å². The fraction of sp³-hybridized carbons (Fsp3) is 0.756. The van der Waals surface area contributed by atoms with Crippen LogP contribution >= 0.6 is 11.6 Å². The summed E-state index contributed by atoms with van der Waals surface area (Å²) in [4.78, 5) is 27.3. The lowest BCUT2D eigenvalue weighted by Gasteiger charge is -2.54. The number of allylic oxidation sites excluding steroid dienone is 3. The van der Waals surface area contributed by atoms with Gasteiger partial charge < -0.3 is 42.8 Å². The second-order valence-corrected chi connectivity index (χ2v) is 23.3. The Kier molecular flexibility index (Phi) is 13.0. The molecule has 302 valence electrons.